The average molecular weight is 256 g/mol. The fourth-order valence-electron chi connectivity index (χ4n) is 2.88. The van der Waals surface area contributed by atoms with E-state index in [2.05, 4.69) is 12.2 Å². The van der Waals surface area contributed by atoms with Crippen molar-refractivity contribution in [2.24, 2.45) is 5.92 Å². The molecule has 0 aromatic rings. The van der Waals surface area contributed by atoms with Crippen LogP contribution in [0.2, 0.25) is 0 Å². The number of carbonyl (C=O) groups excluding carboxylic acids is 1. The molecule has 0 aromatic heterocycles. The van der Waals surface area contributed by atoms with E-state index in [0.717, 1.165) is 19.4 Å². The number of rotatable bonds is 3. The first-order valence-electron chi connectivity index (χ1n) is 6.68. The van der Waals surface area contributed by atoms with Gasteiger partial charge in [-0.3, -0.25) is 4.79 Å². The van der Waals surface area contributed by atoms with Gasteiger partial charge in [-0.25, -0.2) is 0 Å². The Balaban J connectivity index is 2.00. The average Bonchev–Trinajstić information content (AvgIpc) is 2.86. The molecule has 3 atom stereocenters. The third-order valence-corrected chi connectivity index (χ3v) is 4.23. The van der Waals surface area contributed by atoms with Crippen molar-refractivity contribution in [1.82, 2.24) is 10.2 Å². The minimum atomic E-state index is -0.192. The summed E-state index contributed by atoms with van der Waals surface area (Å²) in [5, 5.41) is 3.16. The molecule has 2 aliphatic rings. The van der Waals surface area contributed by atoms with E-state index >= 15 is 0 Å². The molecule has 2 aliphatic heterocycles. The van der Waals surface area contributed by atoms with E-state index in [1.807, 2.05) is 11.9 Å². The van der Waals surface area contributed by atoms with E-state index in [0.29, 0.717) is 19.8 Å². The lowest BCUT2D eigenvalue weighted by Gasteiger charge is -2.40. The van der Waals surface area contributed by atoms with Crippen LogP contribution < -0.4 is 5.32 Å². The monoisotopic (exact) mass is 256 g/mol. The Bertz CT molecular complexity index is 311. The normalized spacial score (nSPS) is 36.9. The van der Waals surface area contributed by atoms with E-state index in [9.17, 15) is 4.79 Å². The summed E-state index contributed by atoms with van der Waals surface area (Å²) in [5.74, 6) is 0.157. The Hall–Kier alpha value is -0.650. The molecule has 2 saturated heterocycles. The van der Waals surface area contributed by atoms with Gasteiger partial charge < -0.3 is 19.7 Å². The van der Waals surface area contributed by atoms with Gasteiger partial charge in [0.2, 0.25) is 5.91 Å². The number of nitrogens with zero attached hydrogens (tertiary/aromatic N) is 1. The number of nitrogens with one attached hydrogen (secondary N) is 1. The number of amides is 1. The van der Waals surface area contributed by atoms with Gasteiger partial charge in [-0.15, -0.1) is 0 Å². The van der Waals surface area contributed by atoms with Gasteiger partial charge in [0.25, 0.3) is 0 Å². The second kappa shape index (κ2) is 5.55. The van der Waals surface area contributed by atoms with Crippen molar-refractivity contribution in [3.05, 3.63) is 0 Å². The largest absolute Gasteiger partial charge is 0.379 e. The molecular weight excluding hydrogens is 232 g/mol. The Morgan fingerprint density at radius 3 is 2.94 bits per heavy atom. The molecule has 18 heavy (non-hydrogen) atoms. The van der Waals surface area contributed by atoms with Crippen molar-refractivity contribution in [3.8, 4) is 0 Å². The van der Waals surface area contributed by atoms with Crippen molar-refractivity contribution < 1.29 is 14.3 Å². The highest BCUT2D eigenvalue weighted by Gasteiger charge is 2.39. The highest BCUT2D eigenvalue weighted by atomic mass is 16.5. The summed E-state index contributed by atoms with van der Waals surface area (Å²) in [7, 11) is 3.61. The van der Waals surface area contributed by atoms with Crippen molar-refractivity contribution in [2.45, 2.75) is 31.4 Å². The summed E-state index contributed by atoms with van der Waals surface area (Å²) in [6.45, 7) is 4.76. The van der Waals surface area contributed by atoms with Crippen molar-refractivity contribution >= 4 is 5.91 Å². The number of ether oxygens (including phenoxy) is 2. The molecule has 1 amide bonds. The van der Waals surface area contributed by atoms with E-state index in [-0.39, 0.29) is 23.5 Å². The molecule has 0 aromatic carbocycles. The second-order valence-electron chi connectivity index (χ2n) is 5.56. The van der Waals surface area contributed by atoms with Crippen LogP contribution in [0.25, 0.3) is 0 Å². The highest BCUT2D eigenvalue weighted by molar-refractivity contribution is 5.80. The summed E-state index contributed by atoms with van der Waals surface area (Å²) < 4.78 is 10.9. The van der Waals surface area contributed by atoms with Crippen LogP contribution in [0.1, 0.15) is 19.8 Å². The summed E-state index contributed by atoms with van der Waals surface area (Å²) in [4.78, 5) is 14.5. The number of carbonyl (C=O) groups is 1. The number of hydrogen-bond acceptors (Lipinski definition) is 4. The topological polar surface area (TPSA) is 50.8 Å². The molecule has 1 N–H and O–H groups in total. The quantitative estimate of drug-likeness (QED) is 0.786. The molecule has 2 fully saturated rings. The molecule has 0 bridgehead atoms. The molecule has 0 aliphatic carbocycles. The Labute approximate surface area is 109 Å². The van der Waals surface area contributed by atoms with Crippen molar-refractivity contribution in [2.75, 3.05) is 40.5 Å². The molecule has 0 spiro atoms. The van der Waals surface area contributed by atoms with Crippen LogP contribution in [0.3, 0.4) is 0 Å². The number of piperidine rings is 1. The van der Waals surface area contributed by atoms with Crippen LogP contribution in [-0.4, -0.2) is 62.9 Å². The molecule has 0 radical (unpaired) electrons. The van der Waals surface area contributed by atoms with Crippen molar-refractivity contribution in [1.29, 1.82) is 0 Å². The SMILES string of the molecule is CNC1COCC1C(=O)N1CCCC(C)(OC)C1. The maximum atomic E-state index is 12.5. The lowest BCUT2D eigenvalue weighted by atomic mass is 9.92. The molecule has 0 saturated carbocycles. The van der Waals surface area contributed by atoms with Gasteiger partial charge in [0.1, 0.15) is 0 Å². The standard InChI is InChI=1S/C13H24N2O3/c1-13(17-3)5-4-6-15(9-13)12(16)10-7-18-8-11(10)14-2/h10-11,14H,4-9H2,1-3H3. The van der Waals surface area contributed by atoms with Crippen LogP contribution in [0, 0.1) is 5.92 Å². The molecule has 5 nitrogen and oxygen atoms in total. The molecule has 104 valence electrons. The minimum Gasteiger partial charge on any atom is -0.379 e. The highest BCUT2D eigenvalue weighted by Crippen LogP contribution is 2.26. The fourth-order valence-corrected chi connectivity index (χ4v) is 2.88. The minimum absolute atomic E-state index is 0.0470. The van der Waals surface area contributed by atoms with Gasteiger partial charge >= 0.3 is 0 Å². The van der Waals surface area contributed by atoms with Crippen LogP contribution >= 0.6 is 0 Å². The number of likely N-dealkylation sites (tertiary alicyclic amines) is 1. The molecule has 2 heterocycles. The Morgan fingerprint density at radius 2 is 2.28 bits per heavy atom. The number of methoxy groups -OCH3 is 1. The Morgan fingerprint density at radius 1 is 1.50 bits per heavy atom. The second-order valence-corrected chi connectivity index (χ2v) is 5.56. The van der Waals surface area contributed by atoms with E-state index in [1.165, 1.54) is 0 Å². The van der Waals surface area contributed by atoms with Gasteiger partial charge in [0, 0.05) is 26.2 Å². The smallest absolute Gasteiger partial charge is 0.229 e. The van der Waals surface area contributed by atoms with Gasteiger partial charge in [-0.1, -0.05) is 0 Å². The summed E-state index contributed by atoms with van der Waals surface area (Å²) in [6.07, 6.45) is 2.03. The number of likely N-dealkylation sites (N-methyl/N-ethyl adjacent to an activating group) is 1. The molecule has 5 heteroatoms. The molecular formula is C13H24N2O3. The first kappa shape index (κ1) is 13.8. The van der Waals surface area contributed by atoms with E-state index < -0.39 is 0 Å². The fraction of sp³-hybridized carbons (Fsp3) is 0.923. The van der Waals surface area contributed by atoms with Crippen molar-refractivity contribution in [3.63, 3.8) is 0 Å². The summed E-state index contributed by atoms with van der Waals surface area (Å²) in [5.41, 5.74) is -0.192. The van der Waals surface area contributed by atoms with Crippen LogP contribution in [0.4, 0.5) is 0 Å². The lowest BCUT2D eigenvalue weighted by Crippen LogP contribution is -2.53. The van der Waals surface area contributed by atoms with Crippen LogP contribution in [-0.2, 0) is 14.3 Å². The van der Waals surface area contributed by atoms with Gasteiger partial charge in [0.15, 0.2) is 0 Å². The lowest BCUT2D eigenvalue weighted by molar-refractivity contribution is -0.143. The van der Waals surface area contributed by atoms with Crippen LogP contribution in [0.5, 0.6) is 0 Å². The zero-order chi connectivity index (χ0) is 13.2. The maximum Gasteiger partial charge on any atom is 0.229 e. The van der Waals surface area contributed by atoms with Crippen LogP contribution in [0.15, 0.2) is 0 Å². The third kappa shape index (κ3) is 2.68. The molecule has 2 rings (SSSR count). The summed E-state index contributed by atoms with van der Waals surface area (Å²) >= 11 is 0. The zero-order valence-electron chi connectivity index (χ0n) is 11.6. The van der Waals surface area contributed by atoms with E-state index in [4.69, 9.17) is 9.47 Å². The molecule has 3 unspecified atom stereocenters. The zero-order valence-corrected chi connectivity index (χ0v) is 11.6. The van der Waals surface area contributed by atoms with Gasteiger partial charge in [-0.05, 0) is 26.8 Å². The van der Waals surface area contributed by atoms with E-state index in [1.54, 1.807) is 7.11 Å². The predicted octanol–water partition coefficient (Wildman–Crippen LogP) is 0.248. The summed E-state index contributed by atoms with van der Waals surface area (Å²) in [6, 6.07) is 0.147. The number of hydrogen-bond donors (Lipinski definition) is 1. The first-order chi connectivity index (χ1) is 8.59. The van der Waals surface area contributed by atoms with Gasteiger partial charge in [-0.2, -0.15) is 0 Å². The Kier molecular flexibility index (Phi) is 4.25. The third-order valence-electron chi connectivity index (χ3n) is 4.23. The maximum absolute atomic E-state index is 12.5. The first-order valence-corrected chi connectivity index (χ1v) is 6.68. The van der Waals surface area contributed by atoms with Gasteiger partial charge in [0.05, 0.1) is 24.7 Å². The predicted molar refractivity (Wildman–Crippen MR) is 68.4 cm³/mol.